The molecule has 3 rings (SSSR count). The van der Waals surface area contributed by atoms with Gasteiger partial charge in [-0.25, -0.2) is 0 Å². The van der Waals surface area contributed by atoms with Crippen molar-refractivity contribution in [3.05, 3.63) is 50.4 Å². The van der Waals surface area contributed by atoms with Gasteiger partial charge in [-0.3, -0.25) is 4.79 Å². The van der Waals surface area contributed by atoms with E-state index in [0.717, 1.165) is 4.47 Å². The Hall–Kier alpha value is -1.90. The predicted octanol–water partition coefficient (Wildman–Crippen LogP) is 5.74. The Morgan fingerprint density at radius 3 is 2.68 bits per heavy atom. The molecular weight excluding hydrogens is 477 g/mol. The lowest BCUT2D eigenvalue weighted by Crippen LogP contribution is -2.07. The second-order valence-electron chi connectivity index (χ2n) is 4.97. The predicted molar refractivity (Wildman–Crippen MR) is 102 cm³/mol. The molecular formula is C16H10Br2ClN3O3. The standard InChI is InChI=1S/C16H10Br2ClN3O3/c17-8-1-3-10(4-2-8)25-7-13(23)21-22-15-11-5-9(19)6-12(18)14(11)20-16(15)24/h1-6,20,24H,7H2. The van der Waals surface area contributed by atoms with Crippen molar-refractivity contribution in [2.75, 3.05) is 6.61 Å². The molecule has 0 unspecified atom stereocenters. The number of azo groups is 1. The second-order valence-corrected chi connectivity index (χ2v) is 7.18. The van der Waals surface area contributed by atoms with Crippen LogP contribution in [0.1, 0.15) is 0 Å². The maximum Gasteiger partial charge on any atom is 0.302 e. The summed E-state index contributed by atoms with van der Waals surface area (Å²) in [4.78, 5) is 14.6. The number of fused-ring (bicyclic) bond motifs is 1. The summed E-state index contributed by atoms with van der Waals surface area (Å²) < 4.78 is 6.90. The maximum atomic E-state index is 11.8. The summed E-state index contributed by atoms with van der Waals surface area (Å²) in [6, 6.07) is 10.3. The molecule has 3 aromatic rings. The van der Waals surface area contributed by atoms with Crippen molar-refractivity contribution in [2.45, 2.75) is 0 Å². The molecule has 2 N–H and O–H groups in total. The van der Waals surface area contributed by atoms with Crippen molar-refractivity contribution in [1.82, 2.24) is 4.98 Å². The third-order valence-corrected chi connectivity index (χ3v) is 4.59. The van der Waals surface area contributed by atoms with Gasteiger partial charge in [0.2, 0.25) is 5.88 Å². The molecule has 0 saturated carbocycles. The van der Waals surface area contributed by atoms with Crippen LogP contribution in [0, 0.1) is 0 Å². The second kappa shape index (κ2) is 7.55. The number of aromatic hydroxyl groups is 1. The van der Waals surface area contributed by atoms with E-state index in [0.29, 0.717) is 26.1 Å². The molecule has 2 aromatic carbocycles. The number of ether oxygens (including phenoxy) is 1. The van der Waals surface area contributed by atoms with Gasteiger partial charge in [0.1, 0.15) is 5.75 Å². The van der Waals surface area contributed by atoms with Gasteiger partial charge in [0.05, 0.1) is 5.52 Å². The van der Waals surface area contributed by atoms with E-state index >= 15 is 0 Å². The number of carbonyl (C=O) groups excluding carboxylic acids is 1. The highest BCUT2D eigenvalue weighted by Crippen LogP contribution is 2.40. The van der Waals surface area contributed by atoms with Crippen molar-refractivity contribution >= 4 is 66.0 Å². The zero-order valence-corrected chi connectivity index (χ0v) is 16.4. The van der Waals surface area contributed by atoms with Gasteiger partial charge in [-0.05, 0) is 52.3 Å². The van der Waals surface area contributed by atoms with E-state index < -0.39 is 5.91 Å². The number of nitrogens with zero attached hydrogens (tertiary/aromatic N) is 2. The molecule has 0 aliphatic heterocycles. The highest BCUT2D eigenvalue weighted by molar-refractivity contribution is 9.11. The first kappa shape index (κ1) is 17.9. The molecule has 128 valence electrons. The van der Waals surface area contributed by atoms with Gasteiger partial charge < -0.3 is 14.8 Å². The number of rotatable bonds is 4. The van der Waals surface area contributed by atoms with Gasteiger partial charge >= 0.3 is 5.91 Å². The average molecular weight is 488 g/mol. The topological polar surface area (TPSA) is 87.0 Å². The summed E-state index contributed by atoms with van der Waals surface area (Å²) in [6.45, 7) is -0.265. The SMILES string of the molecule is O=C(COc1ccc(Br)cc1)N=Nc1c(O)[nH]c2c(Br)cc(Cl)cc12. The fraction of sp³-hybridized carbons (Fsp3) is 0.0625. The van der Waals surface area contributed by atoms with E-state index in [9.17, 15) is 9.90 Å². The van der Waals surface area contributed by atoms with Crippen LogP contribution in [-0.2, 0) is 4.79 Å². The van der Waals surface area contributed by atoms with Gasteiger partial charge in [0, 0.05) is 19.4 Å². The Labute approximate surface area is 164 Å². The molecule has 0 atom stereocenters. The monoisotopic (exact) mass is 485 g/mol. The lowest BCUT2D eigenvalue weighted by Gasteiger charge is -2.02. The molecule has 0 saturated heterocycles. The molecule has 9 heteroatoms. The van der Waals surface area contributed by atoms with Gasteiger partial charge in [-0.2, -0.15) is 0 Å². The minimum atomic E-state index is -0.585. The average Bonchev–Trinajstić information content (AvgIpc) is 2.88. The molecule has 1 heterocycles. The normalized spacial score (nSPS) is 11.3. The maximum absolute atomic E-state index is 11.8. The molecule has 6 nitrogen and oxygen atoms in total. The van der Waals surface area contributed by atoms with E-state index in [4.69, 9.17) is 16.3 Å². The summed E-state index contributed by atoms with van der Waals surface area (Å²) in [5, 5.41) is 18.4. The number of aromatic amines is 1. The Balaban J connectivity index is 1.75. The third-order valence-electron chi connectivity index (χ3n) is 3.22. The van der Waals surface area contributed by atoms with Crippen molar-refractivity contribution in [3.63, 3.8) is 0 Å². The summed E-state index contributed by atoms with van der Waals surface area (Å²) in [5.41, 5.74) is 0.740. The highest BCUT2D eigenvalue weighted by Gasteiger charge is 2.14. The Bertz CT molecular complexity index is 971. The number of carbonyl (C=O) groups is 1. The Morgan fingerprint density at radius 1 is 1.24 bits per heavy atom. The lowest BCUT2D eigenvalue weighted by atomic mass is 10.2. The first-order valence-electron chi connectivity index (χ1n) is 6.96. The van der Waals surface area contributed by atoms with Crippen LogP contribution in [0.2, 0.25) is 5.02 Å². The van der Waals surface area contributed by atoms with E-state index in [1.807, 2.05) is 0 Å². The first-order valence-corrected chi connectivity index (χ1v) is 8.93. The number of H-pyrrole nitrogens is 1. The summed E-state index contributed by atoms with van der Waals surface area (Å²) >= 11 is 12.7. The molecule has 0 radical (unpaired) electrons. The van der Waals surface area contributed by atoms with Crippen LogP contribution in [0.4, 0.5) is 5.69 Å². The molecule has 0 spiro atoms. The fourth-order valence-corrected chi connectivity index (χ4v) is 3.28. The molecule has 25 heavy (non-hydrogen) atoms. The quantitative estimate of drug-likeness (QED) is 0.460. The number of halogens is 3. The molecule has 0 aliphatic carbocycles. The number of hydrogen-bond donors (Lipinski definition) is 2. The van der Waals surface area contributed by atoms with Crippen LogP contribution in [0.15, 0.2) is 55.6 Å². The van der Waals surface area contributed by atoms with Crippen LogP contribution < -0.4 is 4.74 Å². The van der Waals surface area contributed by atoms with Gasteiger partial charge in [-0.1, -0.05) is 27.5 Å². The van der Waals surface area contributed by atoms with Gasteiger partial charge in [0.25, 0.3) is 0 Å². The van der Waals surface area contributed by atoms with Crippen LogP contribution in [0.25, 0.3) is 10.9 Å². The number of amides is 1. The minimum absolute atomic E-state index is 0.134. The summed E-state index contributed by atoms with van der Waals surface area (Å²) in [5.74, 6) is -0.251. The third kappa shape index (κ3) is 4.20. The van der Waals surface area contributed by atoms with Crippen molar-refractivity contribution in [3.8, 4) is 11.6 Å². The van der Waals surface area contributed by atoms with E-state index in [1.165, 1.54) is 0 Å². The van der Waals surface area contributed by atoms with Crippen LogP contribution in [0.5, 0.6) is 11.6 Å². The fourth-order valence-electron chi connectivity index (χ4n) is 2.10. The smallest absolute Gasteiger partial charge is 0.302 e. The van der Waals surface area contributed by atoms with Gasteiger partial charge in [0.15, 0.2) is 12.3 Å². The largest absolute Gasteiger partial charge is 0.493 e. The van der Waals surface area contributed by atoms with Crippen LogP contribution in [-0.4, -0.2) is 22.6 Å². The number of aromatic nitrogens is 1. The van der Waals surface area contributed by atoms with E-state index in [1.54, 1.807) is 36.4 Å². The number of hydrogen-bond acceptors (Lipinski definition) is 4. The zero-order valence-electron chi connectivity index (χ0n) is 12.5. The van der Waals surface area contributed by atoms with Crippen molar-refractivity contribution < 1.29 is 14.6 Å². The van der Waals surface area contributed by atoms with Crippen LogP contribution in [0.3, 0.4) is 0 Å². The number of benzene rings is 2. The Kier molecular flexibility index (Phi) is 5.41. The summed E-state index contributed by atoms with van der Waals surface area (Å²) in [7, 11) is 0. The molecule has 0 fully saturated rings. The Morgan fingerprint density at radius 2 is 1.96 bits per heavy atom. The first-order chi connectivity index (χ1) is 11.9. The highest BCUT2D eigenvalue weighted by atomic mass is 79.9. The van der Waals surface area contributed by atoms with Crippen molar-refractivity contribution in [2.24, 2.45) is 10.2 Å². The molecule has 1 amide bonds. The lowest BCUT2D eigenvalue weighted by molar-refractivity contribution is -0.120. The van der Waals surface area contributed by atoms with Gasteiger partial charge in [-0.15, -0.1) is 10.2 Å². The number of nitrogens with one attached hydrogen (secondary N) is 1. The minimum Gasteiger partial charge on any atom is -0.493 e. The molecule has 1 aromatic heterocycles. The molecule has 0 aliphatic rings. The van der Waals surface area contributed by atoms with Crippen LogP contribution >= 0.6 is 43.5 Å². The zero-order chi connectivity index (χ0) is 18.0. The molecule has 0 bridgehead atoms. The van der Waals surface area contributed by atoms with E-state index in [-0.39, 0.29) is 18.2 Å². The van der Waals surface area contributed by atoms with Crippen molar-refractivity contribution in [1.29, 1.82) is 0 Å². The summed E-state index contributed by atoms with van der Waals surface area (Å²) in [6.07, 6.45) is 0. The van der Waals surface area contributed by atoms with E-state index in [2.05, 4.69) is 47.1 Å².